The minimum atomic E-state index is -0.311. The molecule has 0 atom stereocenters. The summed E-state index contributed by atoms with van der Waals surface area (Å²) in [5, 5.41) is 9.74. The smallest absolute Gasteiger partial charge is 0.316 e. The summed E-state index contributed by atoms with van der Waals surface area (Å²) in [6, 6.07) is 17.4. The minimum Gasteiger partial charge on any atom is -0.460 e. The third-order valence-electron chi connectivity index (χ3n) is 3.66. The van der Waals surface area contributed by atoms with Gasteiger partial charge in [-0.15, -0.1) is 10.2 Å². The fourth-order valence-corrected chi connectivity index (χ4v) is 3.05. The Labute approximate surface area is 147 Å². The third-order valence-corrected chi connectivity index (χ3v) is 4.48. The lowest BCUT2D eigenvalue weighted by Crippen LogP contribution is -2.08. The highest BCUT2D eigenvalue weighted by Gasteiger charge is 2.11. The van der Waals surface area contributed by atoms with Gasteiger partial charge in [-0.3, -0.25) is 4.79 Å². The van der Waals surface area contributed by atoms with Gasteiger partial charge in [0.05, 0.1) is 5.75 Å². The van der Waals surface area contributed by atoms with Gasteiger partial charge in [-0.1, -0.05) is 60.3 Å². The number of nitrogens with zero attached hydrogens (tertiary/aromatic N) is 3. The number of hydrogen-bond donors (Lipinski definition) is 1. The van der Waals surface area contributed by atoms with E-state index in [0.717, 1.165) is 22.0 Å². The van der Waals surface area contributed by atoms with Crippen LogP contribution >= 0.6 is 11.8 Å². The van der Waals surface area contributed by atoms with Gasteiger partial charge in [0, 0.05) is 10.9 Å². The van der Waals surface area contributed by atoms with E-state index in [1.807, 2.05) is 54.6 Å². The quantitative estimate of drug-likeness (QED) is 0.439. The first-order chi connectivity index (χ1) is 12.3. The fraction of sp³-hybridized carbons (Fsp3) is 0.111. The van der Waals surface area contributed by atoms with Gasteiger partial charge in [0.25, 0.3) is 0 Å². The average molecular weight is 350 g/mol. The molecular weight excluding hydrogens is 336 g/mol. The summed E-state index contributed by atoms with van der Waals surface area (Å²) in [7, 11) is 0. The molecule has 2 aromatic heterocycles. The van der Waals surface area contributed by atoms with Crippen LogP contribution in [0.4, 0.5) is 0 Å². The lowest BCUT2D eigenvalue weighted by molar-refractivity contribution is -0.141. The highest BCUT2D eigenvalue weighted by atomic mass is 32.2. The predicted molar refractivity (Wildman–Crippen MR) is 96.2 cm³/mol. The van der Waals surface area contributed by atoms with Crippen LogP contribution in [0.3, 0.4) is 0 Å². The Bertz CT molecular complexity index is 1030. The molecule has 0 saturated carbocycles. The van der Waals surface area contributed by atoms with Crippen LogP contribution in [0, 0.1) is 0 Å². The summed E-state index contributed by atoms with van der Waals surface area (Å²) in [6.45, 7) is 0.264. The average Bonchev–Trinajstić information content (AvgIpc) is 3.03. The Morgan fingerprint density at radius 3 is 2.72 bits per heavy atom. The van der Waals surface area contributed by atoms with Crippen molar-refractivity contribution in [3.8, 4) is 0 Å². The number of H-pyrrole nitrogens is 1. The molecule has 0 aliphatic heterocycles. The largest absolute Gasteiger partial charge is 0.460 e. The molecule has 2 heterocycles. The summed E-state index contributed by atoms with van der Waals surface area (Å²) in [5.41, 5.74) is 3.31. The summed E-state index contributed by atoms with van der Waals surface area (Å²) in [4.78, 5) is 19.5. The molecule has 0 aliphatic carbocycles. The maximum Gasteiger partial charge on any atom is 0.316 e. The zero-order chi connectivity index (χ0) is 17.1. The van der Waals surface area contributed by atoms with Gasteiger partial charge in [-0.2, -0.15) is 0 Å². The predicted octanol–water partition coefficient (Wildman–Crippen LogP) is 3.34. The molecule has 6 nitrogen and oxygen atoms in total. The van der Waals surface area contributed by atoms with Gasteiger partial charge >= 0.3 is 5.97 Å². The number of fused-ring (bicyclic) bond motifs is 3. The number of carbonyl (C=O) groups excluding carboxylic acids is 1. The maximum atomic E-state index is 11.9. The number of hydrogen-bond acceptors (Lipinski definition) is 6. The van der Waals surface area contributed by atoms with E-state index in [1.54, 1.807) is 0 Å². The van der Waals surface area contributed by atoms with Crippen LogP contribution in [0.5, 0.6) is 0 Å². The highest BCUT2D eigenvalue weighted by molar-refractivity contribution is 7.99. The molecule has 124 valence electrons. The number of aromatic amines is 1. The molecule has 0 fully saturated rings. The molecule has 2 aromatic carbocycles. The molecule has 0 radical (unpaired) electrons. The molecule has 25 heavy (non-hydrogen) atoms. The lowest BCUT2D eigenvalue weighted by atomic mass is 10.2. The number of thioether (sulfide) groups is 1. The van der Waals surface area contributed by atoms with Crippen LogP contribution in [0.15, 0.2) is 59.8 Å². The van der Waals surface area contributed by atoms with Crippen molar-refractivity contribution in [1.82, 2.24) is 20.2 Å². The first-order valence-corrected chi connectivity index (χ1v) is 8.71. The molecule has 4 aromatic rings. The first-order valence-electron chi connectivity index (χ1n) is 7.73. The van der Waals surface area contributed by atoms with E-state index in [0.29, 0.717) is 10.8 Å². The van der Waals surface area contributed by atoms with Crippen LogP contribution in [0.25, 0.3) is 22.1 Å². The molecule has 4 rings (SSSR count). The fourth-order valence-electron chi connectivity index (χ4n) is 2.47. The molecule has 0 saturated heterocycles. The summed E-state index contributed by atoms with van der Waals surface area (Å²) in [5.74, 6) is -0.172. The number of para-hydroxylation sites is 1. The lowest BCUT2D eigenvalue weighted by Gasteiger charge is -2.04. The maximum absolute atomic E-state index is 11.9. The zero-order valence-corrected chi connectivity index (χ0v) is 14.0. The van der Waals surface area contributed by atoms with Gasteiger partial charge in [-0.05, 0) is 11.6 Å². The number of rotatable bonds is 5. The number of nitrogens with one attached hydrogen (secondary N) is 1. The second-order valence-electron chi connectivity index (χ2n) is 5.40. The second kappa shape index (κ2) is 6.90. The summed E-state index contributed by atoms with van der Waals surface area (Å²) >= 11 is 1.21. The Balaban J connectivity index is 1.40. The van der Waals surface area contributed by atoms with E-state index < -0.39 is 0 Å². The van der Waals surface area contributed by atoms with Crippen molar-refractivity contribution in [2.45, 2.75) is 11.8 Å². The number of esters is 1. The van der Waals surface area contributed by atoms with E-state index in [1.165, 1.54) is 11.8 Å². The van der Waals surface area contributed by atoms with Gasteiger partial charge < -0.3 is 9.72 Å². The summed E-state index contributed by atoms with van der Waals surface area (Å²) < 4.78 is 5.24. The van der Waals surface area contributed by atoms with Crippen molar-refractivity contribution in [2.24, 2.45) is 0 Å². The Morgan fingerprint density at radius 2 is 1.84 bits per heavy atom. The topological polar surface area (TPSA) is 80.8 Å². The van der Waals surface area contributed by atoms with Crippen molar-refractivity contribution in [3.63, 3.8) is 0 Å². The molecule has 7 heteroatoms. The number of carbonyl (C=O) groups is 1. The van der Waals surface area contributed by atoms with Crippen molar-refractivity contribution in [2.75, 3.05) is 5.75 Å². The van der Waals surface area contributed by atoms with E-state index in [9.17, 15) is 4.79 Å². The van der Waals surface area contributed by atoms with E-state index in [2.05, 4.69) is 20.2 Å². The molecular formula is C18H14N4O2S. The monoisotopic (exact) mass is 350 g/mol. The molecule has 1 N–H and O–H groups in total. The molecule has 0 bridgehead atoms. The van der Waals surface area contributed by atoms with Gasteiger partial charge in [0.1, 0.15) is 12.1 Å². The van der Waals surface area contributed by atoms with Crippen LogP contribution < -0.4 is 0 Å². The van der Waals surface area contributed by atoms with E-state index in [-0.39, 0.29) is 18.3 Å². The molecule has 0 spiro atoms. The Hall–Kier alpha value is -2.93. The van der Waals surface area contributed by atoms with Crippen LogP contribution in [-0.4, -0.2) is 31.9 Å². The van der Waals surface area contributed by atoms with Gasteiger partial charge in [-0.25, -0.2) is 4.98 Å². The molecule has 0 aliphatic rings. The SMILES string of the molecule is O=C(CSc1nnc2c(n1)[nH]c1ccccc12)OCc1ccccc1. The van der Waals surface area contributed by atoms with Crippen molar-refractivity contribution >= 4 is 39.8 Å². The standard InChI is InChI=1S/C18H14N4O2S/c23-15(24-10-12-6-2-1-3-7-12)11-25-18-20-17-16(21-22-18)13-8-4-5-9-14(13)19-17/h1-9H,10-11H2,(H,19,20,22). The van der Waals surface area contributed by atoms with Gasteiger partial charge in [0.2, 0.25) is 5.16 Å². The summed E-state index contributed by atoms with van der Waals surface area (Å²) in [6.07, 6.45) is 0. The van der Waals surface area contributed by atoms with Crippen LogP contribution in [-0.2, 0) is 16.1 Å². The highest BCUT2D eigenvalue weighted by Crippen LogP contribution is 2.23. The minimum absolute atomic E-state index is 0.139. The Kier molecular flexibility index (Phi) is 4.30. The van der Waals surface area contributed by atoms with Gasteiger partial charge in [0.15, 0.2) is 5.65 Å². The van der Waals surface area contributed by atoms with Crippen LogP contribution in [0.2, 0.25) is 0 Å². The third kappa shape index (κ3) is 3.46. The second-order valence-corrected chi connectivity index (χ2v) is 6.34. The Morgan fingerprint density at radius 1 is 1.04 bits per heavy atom. The van der Waals surface area contributed by atoms with Crippen molar-refractivity contribution in [3.05, 3.63) is 60.2 Å². The van der Waals surface area contributed by atoms with Crippen LogP contribution in [0.1, 0.15) is 5.56 Å². The van der Waals surface area contributed by atoms with E-state index in [4.69, 9.17) is 4.74 Å². The van der Waals surface area contributed by atoms with Crippen molar-refractivity contribution in [1.29, 1.82) is 0 Å². The molecule has 0 amide bonds. The number of aromatic nitrogens is 4. The first kappa shape index (κ1) is 15.6. The normalized spacial score (nSPS) is 11.0. The molecule has 0 unspecified atom stereocenters. The number of benzene rings is 2. The number of ether oxygens (including phenoxy) is 1. The zero-order valence-electron chi connectivity index (χ0n) is 13.2. The van der Waals surface area contributed by atoms with E-state index >= 15 is 0 Å². The van der Waals surface area contributed by atoms with Crippen molar-refractivity contribution < 1.29 is 9.53 Å².